The lowest BCUT2D eigenvalue weighted by Gasteiger charge is -2.23. The number of nitrogens with zero attached hydrogens (tertiary/aromatic N) is 4. The van der Waals surface area contributed by atoms with Gasteiger partial charge in [-0.2, -0.15) is 4.98 Å². The Hall–Kier alpha value is -3.38. The van der Waals surface area contributed by atoms with Crippen molar-refractivity contribution in [1.82, 2.24) is 14.5 Å². The highest BCUT2D eigenvalue weighted by Gasteiger charge is 2.28. The minimum absolute atomic E-state index is 0.113. The first-order chi connectivity index (χ1) is 16.7. The number of rotatable bonds is 9. The molecule has 2 aromatic heterocycles. The maximum atomic E-state index is 13.4. The molecule has 4 N–H and O–H groups in total. The zero-order chi connectivity index (χ0) is 25.2. The van der Waals surface area contributed by atoms with Gasteiger partial charge in [0.2, 0.25) is 5.95 Å². The fourth-order valence-electron chi connectivity index (χ4n) is 3.47. The van der Waals surface area contributed by atoms with Crippen molar-refractivity contribution >= 4 is 61.6 Å². The van der Waals surface area contributed by atoms with Crippen LogP contribution in [-0.4, -0.2) is 53.7 Å². The number of nitrogens with one attached hydrogen (secondary N) is 1. The van der Waals surface area contributed by atoms with E-state index in [1.54, 1.807) is 41.2 Å². The second kappa shape index (κ2) is 10.1. The zero-order valence-corrected chi connectivity index (χ0v) is 20.4. The van der Waals surface area contributed by atoms with Gasteiger partial charge in [-0.3, -0.25) is 13.7 Å². The molecule has 4 rings (SSSR count). The number of fused-ring (bicyclic) bond motifs is 1. The first-order valence-corrected chi connectivity index (χ1v) is 12.5. The molecule has 0 spiro atoms. The van der Waals surface area contributed by atoms with Crippen LogP contribution in [0.4, 0.5) is 11.5 Å². The maximum Gasteiger partial charge on any atom is 0.324 e. The molecule has 4 aromatic rings. The van der Waals surface area contributed by atoms with Crippen LogP contribution in [-0.2, 0) is 14.8 Å². The van der Waals surface area contributed by atoms with E-state index in [0.29, 0.717) is 35.8 Å². The fraction of sp³-hybridized carbons (Fsp3) is 0.136. The Balaban J connectivity index is 1.76. The number of aromatic nitrogens is 3. The van der Waals surface area contributed by atoms with Gasteiger partial charge in [-0.1, -0.05) is 23.2 Å². The molecule has 13 heteroatoms. The van der Waals surface area contributed by atoms with Crippen molar-refractivity contribution in [1.29, 1.82) is 0 Å². The van der Waals surface area contributed by atoms with Gasteiger partial charge in [0.25, 0.3) is 10.0 Å². The SMILES string of the molecule is NCCNc1ccnc(-n2ccc3cc(N(CC(=O)O)S(=O)(=O)c4cc(Cl)cc(Cl)c4)ccc32)n1. The predicted molar refractivity (Wildman–Crippen MR) is 135 cm³/mol. The van der Waals surface area contributed by atoms with Gasteiger partial charge in [0.05, 0.1) is 16.1 Å². The molecule has 2 heterocycles. The van der Waals surface area contributed by atoms with Gasteiger partial charge in [-0.15, -0.1) is 0 Å². The minimum atomic E-state index is -4.29. The van der Waals surface area contributed by atoms with E-state index in [1.165, 1.54) is 24.3 Å². The molecule has 0 aliphatic heterocycles. The molecule has 182 valence electrons. The maximum absolute atomic E-state index is 13.4. The number of carbonyl (C=O) groups is 1. The molecule has 0 bridgehead atoms. The molecule has 0 radical (unpaired) electrons. The summed E-state index contributed by atoms with van der Waals surface area (Å²) in [7, 11) is -4.29. The Bertz CT molecular complexity index is 1490. The largest absolute Gasteiger partial charge is 0.480 e. The fourth-order valence-corrected chi connectivity index (χ4v) is 5.60. The van der Waals surface area contributed by atoms with E-state index in [1.807, 2.05) is 0 Å². The molecule has 0 atom stereocenters. The highest BCUT2D eigenvalue weighted by atomic mass is 35.5. The van der Waals surface area contributed by atoms with Gasteiger partial charge < -0.3 is 16.2 Å². The van der Waals surface area contributed by atoms with Crippen LogP contribution in [0.5, 0.6) is 0 Å². The smallest absolute Gasteiger partial charge is 0.324 e. The van der Waals surface area contributed by atoms with Crippen LogP contribution in [0, 0.1) is 0 Å². The van der Waals surface area contributed by atoms with Crippen LogP contribution in [0.2, 0.25) is 10.0 Å². The summed E-state index contributed by atoms with van der Waals surface area (Å²) in [5.74, 6) is -0.314. The molecule has 0 aliphatic carbocycles. The third kappa shape index (κ3) is 5.33. The summed E-state index contributed by atoms with van der Waals surface area (Å²) in [6.07, 6.45) is 3.35. The number of anilines is 2. The average molecular weight is 535 g/mol. The van der Waals surface area contributed by atoms with Crippen LogP contribution in [0.15, 0.2) is 65.8 Å². The molecule has 2 aromatic carbocycles. The lowest BCUT2D eigenvalue weighted by atomic mass is 10.2. The van der Waals surface area contributed by atoms with Gasteiger partial charge in [-0.05, 0) is 48.5 Å². The molecule has 0 saturated heterocycles. The monoisotopic (exact) mass is 534 g/mol. The predicted octanol–water partition coefficient (Wildman–Crippen LogP) is 3.38. The Morgan fingerprint density at radius 1 is 1.11 bits per heavy atom. The molecule has 0 saturated carbocycles. The van der Waals surface area contributed by atoms with E-state index >= 15 is 0 Å². The van der Waals surface area contributed by atoms with Crippen LogP contribution in [0.1, 0.15) is 0 Å². The molecule has 0 amide bonds. The van der Waals surface area contributed by atoms with E-state index in [4.69, 9.17) is 28.9 Å². The number of aliphatic carboxylic acids is 1. The van der Waals surface area contributed by atoms with Crippen LogP contribution < -0.4 is 15.4 Å². The summed E-state index contributed by atoms with van der Waals surface area (Å²) in [5, 5.41) is 13.4. The van der Waals surface area contributed by atoms with Crippen molar-refractivity contribution < 1.29 is 18.3 Å². The normalized spacial score (nSPS) is 11.5. The number of benzene rings is 2. The number of halogens is 2. The van der Waals surface area contributed by atoms with Crippen LogP contribution >= 0.6 is 23.2 Å². The van der Waals surface area contributed by atoms with Gasteiger partial charge in [0.1, 0.15) is 12.4 Å². The van der Waals surface area contributed by atoms with Gasteiger partial charge in [-0.25, -0.2) is 13.4 Å². The number of nitrogens with two attached hydrogens (primary N) is 1. The Morgan fingerprint density at radius 3 is 2.54 bits per heavy atom. The molecular weight excluding hydrogens is 515 g/mol. The van der Waals surface area contributed by atoms with Crippen molar-refractivity contribution in [2.24, 2.45) is 5.73 Å². The lowest BCUT2D eigenvalue weighted by molar-refractivity contribution is -0.135. The number of hydrogen-bond donors (Lipinski definition) is 3. The summed E-state index contributed by atoms with van der Waals surface area (Å²) in [5.41, 5.74) is 6.38. The lowest BCUT2D eigenvalue weighted by Crippen LogP contribution is -2.35. The second-order valence-electron chi connectivity index (χ2n) is 7.40. The summed E-state index contributed by atoms with van der Waals surface area (Å²) in [6, 6.07) is 12.1. The van der Waals surface area contributed by atoms with E-state index < -0.39 is 22.5 Å². The van der Waals surface area contributed by atoms with E-state index in [2.05, 4.69) is 15.3 Å². The first-order valence-electron chi connectivity index (χ1n) is 10.3. The summed E-state index contributed by atoms with van der Waals surface area (Å²) >= 11 is 12.0. The zero-order valence-electron chi connectivity index (χ0n) is 18.1. The van der Waals surface area contributed by atoms with Crippen molar-refractivity contribution in [3.8, 4) is 5.95 Å². The Labute approximate surface area is 211 Å². The quantitative estimate of drug-likeness (QED) is 0.296. The van der Waals surface area contributed by atoms with E-state index in [0.717, 1.165) is 4.31 Å². The molecule has 0 fully saturated rings. The van der Waals surface area contributed by atoms with E-state index in [-0.39, 0.29) is 20.6 Å². The van der Waals surface area contributed by atoms with Crippen molar-refractivity contribution in [2.45, 2.75) is 4.90 Å². The minimum Gasteiger partial charge on any atom is -0.480 e. The summed E-state index contributed by atoms with van der Waals surface area (Å²) in [6.45, 7) is 0.209. The average Bonchev–Trinajstić information content (AvgIpc) is 3.24. The van der Waals surface area contributed by atoms with Crippen molar-refractivity contribution in [2.75, 3.05) is 29.3 Å². The molecule has 0 unspecified atom stereocenters. The second-order valence-corrected chi connectivity index (χ2v) is 10.1. The topological polar surface area (TPSA) is 143 Å². The standard InChI is InChI=1S/C22H20Cl2N6O4S/c23-15-10-16(24)12-18(11-15)35(33,34)30(13-21(31)32)17-1-2-19-14(9-17)4-8-29(19)22-27-6-3-20(28-22)26-7-5-25/h1-4,6,8-12H,5,7,13,25H2,(H,31,32)(H,26,27,28). The number of carboxylic acid groups (broad SMARTS) is 1. The Kier molecular flexibility index (Phi) is 7.13. The van der Waals surface area contributed by atoms with Crippen molar-refractivity contribution in [3.05, 3.63) is 71.0 Å². The number of carboxylic acids is 1. The molecule has 0 aliphatic rings. The van der Waals surface area contributed by atoms with Crippen LogP contribution in [0.25, 0.3) is 16.9 Å². The number of hydrogen-bond acceptors (Lipinski definition) is 7. The van der Waals surface area contributed by atoms with Gasteiger partial charge >= 0.3 is 5.97 Å². The van der Waals surface area contributed by atoms with Crippen molar-refractivity contribution in [3.63, 3.8) is 0 Å². The van der Waals surface area contributed by atoms with Gasteiger partial charge in [0, 0.05) is 40.9 Å². The summed E-state index contributed by atoms with van der Waals surface area (Å²) in [4.78, 5) is 20.1. The Morgan fingerprint density at radius 2 is 1.86 bits per heavy atom. The van der Waals surface area contributed by atoms with Crippen LogP contribution in [0.3, 0.4) is 0 Å². The highest BCUT2D eigenvalue weighted by Crippen LogP contribution is 2.31. The third-order valence-electron chi connectivity index (χ3n) is 4.97. The first kappa shape index (κ1) is 24.7. The summed E-state index contributed by atoms with van der Waals surface area (Å²) < 4.78 is 29.3. The van der Waals surface area contributed by atoms with Gasteiger partial charge in [0.15, 0.2) is 0 Å². The highest BCUT2D eigenvalue weighted by molar-refractivity contribution is 7.92. The molecule has 35 heavy (non-hydrogen) atoms. The van der Waals surface area contributed by atoms with E-state index in [9.17, 15) is 18.3 Å². The molecule has 10 nitrogen and oxygen atoms in total. The number of sulfonamides is 1. The third-order valence-corrected chi connectivity index (χ3v) is 7.16. The molecular formula is C22H20Cl2N6O4S.